The fourth-order valence-electron chi connectivity index (χ4n) is 3.33. The number of carbonyl (C=O) groups excluding carboxylic acids is 1. The summed E-state index contributed by atoms with van der Waals surface area (Å²) in [4.78, 5) is 12.6. The first kappa shape index (κ1) is 16.0. The summed E-state index contributed by atoms with van der Waals surface area (Å²) < 4.78 is 5.38. The van der Waals surface area contributed by atoms with E-state index in [0.29, 0.717) is 6.61 Å². The van der Waals surface area contributed by atoms with Crippen LogP contribution in [0.4, 0.5) is 0 Å². The molecule has 0 aromatic heterocycles. The van der Waals surface area contributed by atoms with Crippen LogP contribution in [0.2, 0.25) is 0 Å². The summed E-state index contributed by atoms with van der Waals surface area (Å²) in [6.07, 6.45) is 3.46. The van der Waals surface area contributed by atoms with Gasteiger partial charge in [-0.1, -0.05) is 37.6 Å². The largest absolute Gasteiger partial charge is 0.465 e. The zero-order valence-electron chi connectivity index (χ0n) is 13.5. The van der Waals surface area contributed by atoms with Crippen molar-refractivity contribution in [2.45, 2.75) is 37.8 Å². The van der Waals surface area contributed by atoms with Gasteiger partial charge in [0.2, 0.25) is 5.54 Å². The lowest BCUT2D eigenvalue weighted by Gasteiger charge is -2.33. The third kappa shape index (κ3) is 2.41. The molecular formula is C18H18N4O2. The monoisotopic (exact) mass is 322 g/mol. The molecule has 1 aromatic rings. The van der Waals surface area contributed by atoms with Crippen molar-refractivity contribution in [2.24, 2.45) is 11.0 Å². The van der Waals surface area contributed by atoms with E-state index >= 15 is 0 Å². The molecule has 0 unspecified atom stereocenters. The molecule has 0 aliphatic carbocycles. The van der Waals surface area contributed by atoms with Crippen LogP contribution in [0.5, 0.6) is 0 Å². The van der Waals surface area contributed by atoms with Crippen molar-refractivity contribution in [1.82, 2.24) is 5.01 Å². The summed E-state index contributed by atoms with van der Waals surface area (Å²) >= 11 is 0. The minimum absolute atomic E-state index is 0.0985. The number of nitriles is 2. The molecule has 3 rings (SSSR count). The van der Waals surface area contributed by atoms with Gasteiger partial charge in [-0.25, -0.2) is 0 Å². The van der Waals surface area contributed by atoms with Crippen molar-refractivity contribution >= 4 is 12.2 Å². The Labute approximate surface area is 140 Å². The number of hydrogen-bond acceptors (Lipinski definition) is 6. The number of rotatable bonds is 4. The van der Waals surface area contributed by atoms with E-state index in [1.807, 2.05) is 31.2 Å². The summed E-state index contributed by atoms with van der Waals surface area (Å²) in [5.41, 5.74) is 0.359. The van der Waals surface area contributed by atoms with Crippen molar-refractivity contribution in [2.75, 3.05) is 6.61 Å². The Morgan fingerprint density at radius 2 is 2.17 bits per heavy atom. The molecule has 0 spiro atoms. The summed E-state index contributed by atoms with van der Waals surface area (Å²) in [7, 11) is 0. The van der Waals surface area contributed by atoms with E-state index < -0.39 is 17.5 Å². The SMILES string of the molecule is CCCCOC(=O)[C@H]1CC(C#N)(C#N)N2N=Cc3ccccc3[C@@H]12. The highest BCUT2D eigenvalue weighted by atomic mass is 16.5. The highest BCUT2D eigenvalue weighted by Crippen LogP contribution is 2.49. The molecule has 2 aliphatic rings. The Kier molecular flexibility index (Phi) is 4.22. The van der Waals surface area contributed by atoms with Crippen molar-refractivity contribution < 1.29 is 9.53 Å². The number of fused-ring (bicyclic) bond motifs is 3. The predicted octanol–water partition coefficient (Wildman–Crippen LogP) is 2.53. The Morgan fingerprint density at radius 3 is 2.88 bits per heavy atom. The third-order valence-electron chi connectivity index (χ3n) is 4.60. The molecule has 0 amide bonds. The number of nitrogens with zero attached hydrogens (tertiary/aromatic N) is 4. The van der Waals surface area contributed by atoms with Crippen molar-refractivity contribution in [3.63, 3.8) is 0 Å². The lowest BCUT2D eigenvalue weighted by Crippen LogP contribution is -2.40. The van der Waals surface area contributed by atoms with Gasteiger partial charge in [0, 0.05) is 6.42 Å². The molecule has 2 heterocycles. The Bertz CT molecular complexity index is 745. The van der Waals surface area contributed by atoms with Crippen LogP contribution in [0.15, 0.2) is 29.4 Å². The van der Waals surface area contributed by atoms with Crippen LogP contribution in [-0.2, 0) is 9.53 Å². The molecule has 0 bridgehead atoms. The smallest absolute Gasteiger partial charge is 0.311 e. The molecule has 1 aromatic carbocycles. The Hall–Kier alpha value is -2.86. The minimum Gasteiger partial charge on any atom is -0.465 e. The van der Waals surface area contributed by atoms with Crippen LogP contribution in [0, 0.1) is 28.6 Å². The molecule has 1 saturated heterocycles. The molecular weight excluding hydrogens is 304 g/mol. The van der Waals surface area contributed by atoms with Crippen LogP contribution in [0.25, 0.3) is 0 Å². The first-order chi connectivity index (χ1) is 11.7. The number of carbonyl (C=O) groups is 1. The van der Waals surface area contributed by atoms with Gasteiger partial charge < -0.3 is 4.74 Å². The van der Waals surface area contributed by atoms with E-state index in [0.717, 1.165) is 24.0 Å². The maximum atomic E-state index is 12.6. The highest BCUT2D eigenvalue weighted by Gasteiger charge is 2.57. The summed E-state index contributed by atoms with van der Waals surface area (Å²) in [6.45, 7) is 2.38. The van der Waals surface area contributed by atoms with Gasteiger partial charge in [0.1, 0.15) is 12.1 Å². The van der Waals surface area contributed by atoms with Gasteiger partial charge in [0.15, 0.2) is 0 Å². The fourth-order valence-corrected chi connectivity index (χ4v) is 3.33. The maximum Gasteiger partial charge on any atom is 0.311 e. The van der Waals surface area contributed by atoms with Gasteiger partial charge >= 0.3 is 5.97 Å². The lowest BCUT2D eigenvalue weighted by atomic mass is 9.88. The molecule has 0 saturated carbocycles. The zero-order chi connectivity index (χ0) is 17.2. The van der Waals surface area contributed by atoms with Crippen molar-refractivity contribution in [3.8, 4) is 12.1 Å². The molecule has 0 radical (unpaired) electrons. The maximum absolute atomic E-state index is 12.6. The van der Waals surface area contributed by atoms with E-state index in [1.165, 1.54) is 5.01 Å². The van der Waals surface area contributed by atoms with E-state index in [-0.39, 0.29) is 12.4 Å². The van der Waals surface area contributed by atoms with E-state index in [2.05, 4.69) is 17.2 Å². The standard InChI is InChI=1S/C18H18N4O2/c1-2-3-8-24-17(23)15-9-18(11-19,12-20)22-16(15)14-7-5-4-6-13(14)10-21-22/h4-7,10,15-16H,2-3,8-9H2,1H3/t15-,16-/m0/s1. The summed E-state index contributed by atoms with van der Waals surface area (Å²) in [5.74, 6) is -0.947. The lowest BCUT2D eigenvalue weighted by molar-refractivity contribution is -0.149. The average molecular weight is 322 g/mol. The van der Waals surface area contributed by atoms with Gasteiger partial charge in [-0.2, -0.15) is 15.6 Å². The second kappa shape index (κ2) is 6.33. The van der Waals surface area contributed by atoms with Crippen LogP contribution in [0.1, 0.15) is 43.4 Å². The number of esters is 1. The number of benzene rings is 1. The van der Waals surface area contributed by atoms with Gasteiger partial charge in [0.05, 0.1) is 24.8 Å². The molecule has 6 heteroatoms. The predicted molar refractivity (Wildman–Crippen MR) is 86.5 cm³/mol. The van der Waals surface area contributed by atoms with Crippen LogP contribution in [0.3, 0.4) is 0 Å². The van der Waals surface area contributed by atoms with E-state index in [9.17, 15) is 15.3 Å². The first-order valence-corrected chi connectivity index (χ1v) is 8.08. The van der Waals surface area contributed by atoms with Crippen molar-refractivity contribution in [1.29, 1.82) is 10.5 Å². The third-order valence-corrected chi connectivity index (χ3v) is 4.60. The van der Waals surface area contributed by atoms with E-state index in [4.69, 9.17) is 4.74 Å². The molecule has 6 nitrogen and oxygen atoms in total. The molecule has 2 atom stereocenters. The summed E-state index contributed by atoms with van der Waals surface area (Å²) in [5, 5.41) is 24.9. The van der Waals surface area contributed by atoms with E-state index in [1.54, 1.807) is 6.21 Å². The first-order valence-electron chi connectivity index (χ1n) is 8.08. The number of ether oxygens (including phenoxy) is 1. The second-order valence-electron chi connectivity index (χ2n) is 6.08. The molecule has 0 N–H and O–H groups in total. The number of unbranched alkanes of at least 4 members (excludes halogenated alkanes) is 1. The van der Waals surface area contributed by atoms with Crippen LogP contribution in [-0.4, -0.2) is 29.3 Å². The quantitative estimate of drug-likeness (QED) is 0.627. The Balaban J connectivity index is 1.98. The second-order valence-corrected chi connectivity index (χ2v) is 6.08. The zero-order valence-corrected chi connectivity index (χ0v) is 13.5. The normalized spacial score (nSPS) is 22.9. The number of hydrazone groups is 1. The molecule has 2 aliphatic heterocycles. The van der Waals surface area contributed by atoms with Gasteiger partial charge in [-0.3, -0.25) is 9.80 Å². The van der Waals surface area contributed by atoms with Crippen LogP contribution >= 0.6 is 0 Å². The minimum atomic E-state index is -1.44. The summed E-state index contributed by atoms with van der Waals surface area (Å²) in [6, 6.07) is 11.3. The van der Waals surface area contributed by atoms with Crippen molar-refractivity contribution in [3.05, 3.63) is 35.4 Å². The topological polar surface area (TPSA) is 89.5 Å². The van der Waals surface area contributed by atoms with Gasteiger partial charge in [-0.05, 0) is 17.5 Å². The highest BCUT2D eigenvalue weighted by molar-refractivity contribution is 5.85. The number of hydrogen-bond donors (Lipinski definition) is 0. The Morgan fingerprint density at radius 1 is 1.42 bits per heavy atom. The van der Waals surface area contributed by atoms with Gasteiger partial charge in [0.25, 0.3) is 0 Å². The molecule has 24 heavy (non-hydrogen) atoms. The van der Waals surface area contributed by atoms with Gasteiger partial charge in [-0.15, -0.1) is 0 Å². The molecule has 1 fully saturated rings. The van der Waals surface area contributed by atoms with Crippen LogP contribution < -0.4 is 0 Å². The molecule has 122 valence electrons. The average Bonchev–Trinajstić information content (AvgIpc) is 2.97. The fraction of sp³-hybridized carbons (Fsp3) is 0.444.